The minimum atomic E-state index is -3.85. The van der Waals surface area contributed by atoms with Crippen LogP contribution in [0.25, 0.3) is 11.1 Å². The number of carbonyl (C=O) groups excluding carboxylic acids is 1. The second-order valence-electron chi connectivity index (χ2n) is 14.8. The maximum absolute atomic E-state index is 13.3. The third-order valence-corrected chi connectivity index (χ3v) is 14.1. The Morgan fingerprint density at radius 1 is 0.840 bits per heavy atom. The zero-order valence-electron chi connectivity index (χ0n) is 30.3. The Morgan fingerprint density at radius 2 is 1.44 bits per heavy atom. The molecule has 1 aliphatic heterocycles. The number of hydrogen-bond acceptors (Lipinski definition) is 6. The van der Waals surface area contributed by atoms with E-state index in [2.05, 4.69) is 107 Å². The van der Waals surface area contributed by atoms with Crippen molar-refractivity contribution in [3.05, 3.63) is 114 Å². The maximum atomic E-state index is 13.3. The standard InChI is InChI=1S/C41H50NO6SSi/c1-30-27-32(31-23-25-42(26-24-31)49(44,45)41(5,6)39(43)46-7)21-22-37(30)33-15-14-16-34(28-33)47-38(29-40(2,3)4)48-50(35-17-10-8-11-18-35)36-19-12-9-13-20-36/h8-22,27-28,31,38H,23-26,29H2,1-7H3. The number of aryl methyl sites for hydroxylation is 1. The minimum Gasteiger partial charge on any atom is -0.468 e. The van der Waals surface area contributed by atoms with Gasteiger partial charge in [-0.25, -0.2) is 12.7 Å². The molecule has 1 radical (unpaired) electrons. The summed E-state index contributed by atoms with van der Waals surface area (Å²) in [6, 6.07) is 35.6. The first-order chi connectivity index (χ1) is 23.7. The van der Waals surface area contributed by atoms with Gasteiger partial charge >= 0.3 is 5.97 Å². The number of methoxy groups -OCH3 is 1. The van der Waals surface area contributed by atoms with E-state index in [0.717, 1.165) is 28.9 Å². The fraction of sp³-hybridized carbons (Fsp3) is 0.390. The Balaban J connectivity index is 1.32. The summed E-state index contributed by atoms with van der Waals surface area (Å²) in [4.78, 5) is 12.2. The van der Waals surface area contributed by atoms with Gasteiger partial charge in [-0.05, 0) is 89.7 Å². The third kappa shape index (κ3) is 8.75. The van der Waals surface area contributed by atoms with Gasteiger partial charge in [0, 0.05) is 19.5 Å². The Bertz CT molecular complexity index is 1810. The van der Waals surface area contributed by atoms with Crippen LogP contribution in [-0.2, 0) is 24.0 Å². The van der Waals surface area contributed by atoms with Gasteiger partial charge in [0.15, 0.2) is 11.0 Å². The summed E-state index contributed by atoms with van der Waals surface area (Å²) < 4.78 is 44.7. The van der Waals surface area contributed by atoms with Crippen molar-refractivity contribution in [2.45, 2.75) is 77.8 Å². The van der Waals surface area contributed by atoms with Crippen molar-refractivity contribution < 1.29 is 27.1 Å². The number of nitrogens with zero attached hydrogens (tertiary/aromatic N) is 1. The summed E-state index contributed by atoms with van der Waals surface area (Å²) in [6.45, 7) is 12.3. The molecule has 1 atom stereocenters. The SMILES string of the molecule is COC(=O)C(C)(C)S(=O)(=O)N1CCC(c2ccc(-c3cccc(OC(CC(C)(C)C)O[Si](c4ccccc4)c4ccccc4)c3)c(C)c2)CC1. The topological polar surface area (TPSA) is 82.1 Å². The number of hydrogen-bond donors (Lipinski definition) is 0. The zero-order valence-corrected chi connectivity index (χ0v) is 32.1. The fourth-order valence-electron chi connectivity index (χ4n) is 6.48. The first-order valence-electron chi connectivity index (χ1n) is 17.3. The molecule has 4 aromatic rings. The number of piperidine rings is 1. The average Bonchev–Trinajstić information content (AvgIpc) is 3.10. The lowest BCUT2D eigenvalue weighted by Gasteiger charge is -2.35. The predicted octanol–water partition coefficient (Wildman–Crippen LogP) is 7.09. The van der Waals surface area contributed by atoms with E-state index in [0.29, 0.717) is 25.9 Å². The first-order valence-corrected chi connectivity index (χ1v) is 20.1. The van der Waals surface area contributed by atoms with E-state index in [-0.39, 0.29) is 11.3 Å². The second kappa shape index (κ2) is 15.6. The summed E-state index contributed by atoms with van der Waals surface area (Å²) in [7, 11) is -4.21. The number of rotatable bonds is 12. The maximum Gasteiger partial charge on any atom is 0.328 e. The van der Waals surface area contributed by atoms with E-state index in [1.54, 1.807) is 0 Å². The molecule has 1 heterocycles. The van der Waals surface area contributed by atoms with Crippen molar-refractivity contribution in [2.24, 2.45) is 5.41 Å². The van der Waals surface area contributed by atoms with Crippen LogP contribution in [0.15, 0.2) is 103 Å². The second-order valence-corrected chi connectivity index (χ2v) is 19.3. The van der Waals surface area contributed by atoms with Gasteiger partial charge in [-0.3, -0.25) is 4.79 Å². The highest BCUT2D eigenvalue weighted by Gasteiger charge is 2.47. The summed E-state index contributed by atoms with van der Waals surface area (Å²) in [5.41, 5.74) is 4.49. The Kier molecular flexibility index (Phi) is 11.7. The van der Waals surface area contributed by atoms with Crippen LogP contribution in [0.5, 0.6) is 5.75 Å². The highest BCUT2D eigenvalue weighted by atomic mass is 32.2. The van der Waals surface area contributed by atoms with Gasteiger partial charge < -0.3 is 13.9 Å². The molecule has 1 aliphatic rings. The summed E-state index contributed by atoms with van der Waals surface area (Å²) in [5.74, 6) is 0.235. The van der Waals surface area contributed by atoms with Crippen molar-refractivity contribution in [3.8, 4) is 16.9 Å². The van der Waals surface area contributed by atoms with Gasteiger partial charge in [0.25, 0.3) is 9.04 Å². The number of sulfonamides is 1. The zero-order chi connectivity index (χ0) is 36.1. The smallest absolute Gasteiger partial charge is 0.328 e. The van der Waals surface area contributed by atoms with Crippen molar-refractivity contribution in [1.29, 1.82) is 0 Å². The third-order valence-electron chi connectivity index (χ3n) is 9.35. The van der Waals surface area contributed by atoms with Crippen molar-refractivity contribution in [2.75, 3.05) is 20.2 Å². The van der Waals surface area contributed by atoms with E-state index < -0.39 is 36.1 Å². The summed E-state index contributed by atoms with van der Waals surface area (Å²) in [5, 5.41) is 2.35. The van der Waals surface area contributed by atoms with Crippen LogP contribution in [0.3, 0.4) is 0 Å². The molecule has 5 rings (SSSR count). The lowest BCUT2D eigenvalue weighted by molar-refractivity contribution is -0.142. The average molecular weight is 713 g/mol. The number of ether oxygens (including phenoxy) is 2. The summed E-state index contributed by atoms with van der Waals surface area (Å²) >= 11 is 0. The fourth-order valence-corrected chi connectivity index (χ4v) is 10.1. The number of benzene rings is 4. The Hall–Kier alpha value is -3.76. The van der Waals surface area contributed by atoms with Crippen molar-refractivity contribution in [3.63, 3.8) is 0 Å². The van der Waals surface area contributed by atoms with E-state index >= 15 is 0 Å². The largest absolute Gasteiger partial charge is 0.468 e. The molecule has 265 valence electrons. The molecule has 0 amide bonds. The molecule has 0 bridgehead atoms. The molecule has 1 unspecified atom stereocenters. The van der Waals surface area contributed by atoms with Gasteiger partial charge in [0.05, 0.1) is 7.11 Å². The van der Waals surface area contributed by atoms with Gasteiger partial charge in [-0.2, -0.15) is 0 Å². The molecule has 0 aromatic heterocycles. The predicted molar refractivity (Wildman–Crippen MR) is 203 cm³/mol. The van der Waals surface area contributed by atoms with Crippen molar-refractivity contribution >= 4 is 35.4 Å². The van der Waals surface area contributed by atoms with E-state index in [1.807, 2.05) is 24.3 Å². The molecule has 4 aromatic carbocycles. The molecule has 0 aliphatic carbocycles. The molecule has 1 saturated heterocycles. The quantitative estimate of drug-likeness (QED) is 0.0887. The van der Waals surface area contributed by atoms with Gasteiger partial charge in [-0.1, -0.05) is 112 Å². The Labute approximate surface area is 300 Å². The number of carbonyl (C=O) groups is 1. The number of esters is 1. The Morgan fingerprint density at radius 3 is 1.98 bits per heavy atom. The molecular weight excluding hydrogens is 663 g/mol. The van der Waals surface area contributed by atoms with E-state index in [4.69, 9.17) is 13.9 Å². The van der Waals surface area contributed by atoms with Crippen LogP contribution in [0, 0.1) is 12.3 Å². The van der Waals surface area contributed by atoms with Crippen LogP contribution >= 0.6 is 0 Å². The molecular formula is C41H50NO6SSi. The summed E-state index contributed by atoms with van der Waals surface area (Å²) in [6.07, 6.45) is 1.64. The van der Waals surface area contributed by atoms with Crippen LogP contribution in [-0.4, -0.2) is 59.0 Å². The molecule has 50 heavy (non-hydrogen) atoms. The van der Waals surface area contributed by atoms with Gasteiger partial charge in [0.1, 0.15) is 5.75 Å². The van der Waals surface area contributed by atoms with E-state index in [9.17, 15) is 13.2 Å². The molecule has 0 saturated carbocycles. The first kappa shape index (κ1) is 37.5. The molecule has 1 fully saturated rings. The van der Waals surface area contributed by atoms with Gasteiger partial charge in [-0.15, -0.1) is 0 Å². The molecule has 0 N–H and O–H groups in total. The molecule has 0 spiro atoms. The minimum absolute atomic E-state index is 0.0209. The lowest BCUT2D eigenvalue weighted by atomic mass is 9.87. The highest BCUT2D eigenvalue weighted by Crippen LogP contribution is 2.36. The van der Waals surface area contributed by atoms with E-state index in [1.165, 1.54) is 41.2 Å². The van der Waals surface area contributed by atoms with Crippen molar-refractivity contribution in [1.82, 2.24) is 4.31 Å². The van der Waals surface area contributed by atoms with Crippen LogP contribution in [0.4, 0.5) is 0 Å². The van der Waals surface area contributed by atoms with Crippen LogP contribution in [0.1, 0.15) is 70.9 Å². The van der Waals surface area contributed by atoms with Gasteiger partial charge in [0.2, 0.25) is 10.0 Å². The monoisotopic (exact) mass is 712 g/mol. The normalized spacial score (nSPS) is 15.5. The highest BCUT2D eigenvalue weighted by molar-refractivity contribution is 7.91. The lowest BCUT2D eigenvalue weighted by Crippen LogP contribution is -2.52. The molecule has 7 nitrogen and oxygen atoms in total. The van der Waals surface area contributed by atoms with Crippen LogP contribution < -0.4 is 15.1 Å². The molecule has 9 heteroatoms. The van der Waals surface area contributed by atoms with Crippen LogP contribution in [0.2, 0.25) is 0 Å².